The summed E-state index contributed by atoms with van der Waals surface area (Å²) in [6.45, 7) is 7.27. The molecule has 0 unspecified atom stereocenters. The SMILES string of the molecule is CC(C)CN(c1ncccc1[C@@H](C)O)C1CC1. The van der Waals surface area contributed by atoms with Crippen LogP contribution in [0.2, 0.25) is 0 Å². The minimum Gasteiger partial charge on any atom is -0.389 e. The Kier molecular flexibility index (Phi) is 3.67. The molecule has 0 aromatic carbocycles. The normalized spacial score (nSPS) is 17.2. The molecule has 1 N–H and O–H groups in total. The van der Waals surface area contributed by atoms with E-state index in [1.165, 1.54) is 12.8 Å². The third-order valence-electron chi connectivity index (χ3n) is 3.09. The molecule has 1 aliphatic carbocycles. The van der Waals surface area contributed by atoms with Gasteiger partial charge in [-0.05, 0) is 31.7 Å². The van der Waals surface area contributed by atoms with E-state index in [4.69, 9.17) is 0 Å². The lowest BCUT2D eigenvalue weighted by Crippen LogP contribution is -2.31. The molecular formula is C14H22N2O. The molecule has 0 spiro atoms. The fourth-order valence-corrected chi connectivity index (χ4v) is 2.16. The van der Waals surface area contributed by atoms with Crippen LogP contribution in [0.1, 0.15) is 45.3 Å². The van der Waals surface area contributed by atoms with Crippen LogP contribution < -0.4 is 4.90 Å². The maximum Gasteiger partial charge on any atom is 0.134 e. The van der Waals surface area contributed by atoms with Crippen molar-refractivity contribution < 1.29 is 5.11 Å². The van der Waals surface area contributed by atoms with E-state index in [0.29, 0.717) is 12.0 Å². The molecule has 1 heterocycles. The number of pyridine rings is 1. The van der Waals surface area contributed by atoms with Crippen molar-refractivity contribution in [2.75, 3.05) is 11.4 Å². The molecule has 3 heteroatoms. The molecule has 0 bridgehead atoms. The van der Waals surface area contributed by atoms with E-state index in [9.17, 15) is 5.11 Å². The summed E-state index contributed by atoms with van der Waals surface area (Å²) in [5.41, 5.74) is 0.944. The Morgan fingerprint density at radius 3 is 2.65 bits per heavy atom. The third kappa shape index (κ3) is 2.97. The van der Waals surface area contributed by atoms with Crippen molar-refractivity contribution in [2.24, 2.45) is 5.92 Å². The minimum absolute atomic E-state index is 0.452. The Hall–Kier alpha value is -1.09. The first-order chi connectivity index (χ1) is 8.09. The lowest BCUT2D eigenvalue weighted by atomic mass is 10.1. The van der Waals surface area contributed by atoms with Crippen molar-refractivity contribution in [2.45, 2.75) is 45.8 Å². The number of anilines is 1. The largest absolute Gasteiger partial charge is 0.389 e. The number of aliphatic hydroxyl groups is 1. The standard InChI is InChI=1S/C14H22N2O/c1-10(2)9-16(12-6-7-12)14-13(11(3)17)5-4-8-15-14/h4-5,8,10-12,17H,6-7,9H2,1-3H3/t11-/m1/s1. The molecule has 1 saturated carbocycles. The number of aliphatic hydroxyl groups excluding tert-OH is 1. The quantitative estimate of drug-likeness (QED) is 0.851. The molecule has 0 saturated heterocycles. The van der Waals surface area contributed by atoms with Crippen molar-refractivity contribution in [1.29, 1.82) is 0 Å². The van der Waals surface area contributed by atoms with Gasteiger partial charge in [0, 0.05) is 24.3 Å². The van der Waals surface area contributed by atoms with Crippen LogP contribution in [0.15, 0.2) is 18.3 Å². The fourth-order valence-electron chi connectivity index (χ4n) is 2.16. The van der Waals surface area contributed by atoms with Gasteiger partial charge in [0.25, 0.3) is 0 Å². The summed E-state index contributed by atoms with van der Waals surface area (Å²) in [6.07, 6.45) is 3.87. The van der Waals surface area contributed by atoms with E-state index < -0.39 is 6.10 Å². The minimum atomic E-state index is -0.452. The highest BCUT2D eigenvalue weighted by Crippen LogP contribution is 2.34. The van der Waals surface area contributed by atoms with Gasteiger partial charge in [-0.3, -0.25) is 0 Å². The van der Waals surface area contributed by atoms with Gasteiger partial charge in [0.05, 0.1) is 6.10 Å². The average molecular weight is 234 g/mol. The van der Waals surface area contributed by atoms with E-state index in [1.807, 2.05) is 18.3 Å². The van der Waals surface area contributed by atoms with E-state index in [1.54, 1.807) is 6.92 Å². The van der Waals surface area contributed by atoms with Gasteiger partial charge in [-0.2, -0.15) is 0 Å². The van der Waals surface area contributed by atoms with Crippen molar-refractivity contribution in [3.63, 3.8) is 0 Å². The van der Waals surface area contributed by atoms with Gasteiger partial charge in [-0.25, -0.2) is 4.98 Å². The average Bonchev–Trinajstić information content (AvgIpc) is 3.09. The molecule has 94 valence electrons. The lowest BCUT2D eigenvalue weighted by Gasteiger charge is -2.28. The van der Waals surface area contributed by atoms with E-state index >= 15 is 0 Å². The van der Waals surface area contributed by atoms with Crippen LogP contribution >= 0.6 is 0 Å². The van der Waals surface area contributed by atoms with Crippen molar-refractivity contribution in [3.05, 3.63) is 23.9 Å². The summed E-state index contributed by atoms with van der Waals surface area (Å²) in [5, 5.41) is 9.82. The molecule has 2 rings (SSSR count). The predicted octanol–water partition coefficient (Wildman–Crippen LogP) is 2.76. The Morgan fingerprint density at radius 1 is 1.41 bits per heavy atom. The van der Waals surface area contributed by atoms with E-state index in [-0.39, 0.29) is 0 Å². The first-order valence-electron chi connectivity index (χ1n) is 6.49. The van der Waals surface area contributed by atoms with E-state index in [0.717, 1.165) is 17.9 Å². The topological polar surface area (TPSA) is 36.4 Å². The van der Waals surface area contributed by atoms with Crippen molar-refractivity contribution in [1.82, 2.24) is 4.98 Å². The maximum atomic E-state index is 9.82. The van der Waals surface area contributed by atoms with E-state index in [2.05, 4.69) is 23.7 Å². The zero-order chi connectivity index (χ0) is 12.4. The van der Waals surface area contributed by atoms with Gasteiger partial charge in [0.15, 0.2) is 0 Å². The molecule has 1 atom stereocenters. The van der Waals surface area contributed by atoms with Crippen LogP contribution in [0, 0.1) is 5.92 Å². The van der Waals surface area contributed by atoms with Gasteiger partial charge in [0.2, 0.25) is 0 Å². The fraction of sp³-hybridized carbons (Fsp3) is 0.643. The molecule has 0 aliphatic heterocycles. The highest BCUT2D eigenvalue weighted by molar-refractivity contribution is 5.49. The van der Waals surface area contributed by atoms with Gasteiger partial charge in [0.1, 0.15) is 5.82 Å². The van der Waals surface area contributed by atoms with Gasteiger partial charge < -0.3 is 10.0 Å². The second-order valence-electron chi connectivity index (χ2n) is 5.37. The highest BCUT2D eigenvalue weighted by Gasteiger charge is 2.31. The number of aromatic nitrogens is 1. The zero-order valence-corrected chi connectivity index (χ0v) is 10.9. The van der Waals surface area contributed by atoms with Crippen LogP contribution in [-0.4, -0.2) is 22.7 Å². The van der Waals surface area contributed by atoms with Crippen molar-refractivity contribution >= 4 is 5.82 Å². The Balaban J connectivity index is 2.28. The molecule has 1 aromatic rings. The molecule has 0 radical (unpaired) electrons. The zero-order valence-electron chi connectivity index (χ0n) is 10.9. The summed E-state index contributed by atoms with van der Waals surface area (Å²) < 4.78 is 0. The Labute approximate surface area is 103 Å². The van der Waals surface area contributed by atoms with Crippen LogP contribution in [0.3, 0.4) is 0 Å². The molecule has 3 nitrogen and oxygen atoms in total. The number of hydrogen-bond donors (Lipinski definition) is 1. The maximum absolute atomic E-state index is 9.82. The lowest BCUT2D eigenvalue weighted by molar-refractivity contribution is 0.199. The predicted molar refractivity (Wildman–Crippen MR) is 70.1 cm³/mol. The second kappa shape index (κ2) is 5.05. The van der Waals surface area contributed by atoms with Gasteiger partial charge in [-0.15, -0.1) is 0 Å². The van der Waals surface area contributed by atoms with Crippen LogP contribution in [-0.2, 0) is 0 Å². The first kappa shape index (κ1) is 12.4. The van der Waals surface area contributed by atoms with Gasteiger partial charge >= 0.3 is 0 Å². The van der Waals surface area contributed by atoms with Gasteiger partial charge in [-0.1, -0.05) is 19.9 Å². The molecule has 17 heavy (non-hydrogen) atoms. The Morgan fingerprint density at radius 2 is 2.12 bits per heavy atom. The highest BCUT2D eigenvalue weighted by atomic mass is 16.3. The number of nitrogens with zero attached hydrogens (tertiary/aromatic N) is 2. The second-order valence-corrected chi connectivity index (χ2v) is 5.37. The summed E-state index contributed by atoms with van der Waals surface area (Å²) in [7, 11) is 0. The summed E-state index contributed by atoms with van der Waals surface area (Å²) in [6, 6.07) is 4.50. The summed E-state index contributed by atoms with van der Waals surface area (Å²) in [4.78, 5) is 6.85. The monoisotopic (exact) mass is 234 g/mol. The smallest absolute Gasteiger partial charge is 0.134 e. The summed E-state index contributed by atoms with van der Waals surface area (Å²) in [5.74, 6) is 1.58. The summed E-state index contributed by atoms with van der Waals surface area (Å²) >= 11 is 0. The van der Waals surface area contributed by atoms with Crippen molar-refractivity contribution in [3.8, 4) is 0 Å². The molecule has 1 aromatic heterocycles. The third-order valence-corrected chi connectivity index (χ3v) is 3.09. The van der Waals surface area contributed by atoms with Crippen LogP contribution in [0.5, 0.6) is 0 Å². The van der Waals surface area contributed by atoms with Crippen LogP contribution in [0.4, 0.5) is 5.82 Å². The molecule has 1 fully saturated rings. The number of hydrogen-bond acceptors (Lipinski definition) is 3. The molecule has 0 amide bonds. The number of rotatable bonds is 5. The van der Waals surface area contributed by atoms with Crippen LogP contribution in [0.25, 0.3) is 0 Å². The first-order valence-corrected chi connectivity index (χ1v) is 6.49. The molecular weight excluding hydrogens is 212 g/mol. The Bertz CT molecular complexity index is 372. The molecule has 1 aliphatic rings.